The number of aromatic nitrogens is 1. The Balaban J connectivity index is 2.03. The van der Waals surface area contributed by atoms with Crippen LogP contribution in [0.4, 0.5) is 5.82 Å². The molecule has 0 aliphatic carbocycles. The highest BCUT2D eigenvalue weighted by Gasteiger charge is 2.07. The lowest BCUT2D eigenvalue weighted by Crippen LogP contribution is -2.12. The number of nitrogens with one attached hydrogen (secondary N) is 1. The maximum Gasteiger partial charge on any atom is 0.256 e. The summed E-state index contributed by atoms with van der Waals surface area (Å²) in [5.74, 6) is 0.958. The molecule has 0 aliphatic rings. The molecule has 0 atom stereocenters. The van der Waals surface area contributed by atoms with Crippen LogP contribution >= 0.6 is 0 Å². The molecule has 4 nitrogen and oxygen atoms in total. The van der Waals surface area contributed by atoms with Gasteiger partial charge in [-0.1, -0.05) is 45.1 Å². The zero-order valence-electron chi connectivity index (χ0n) is 14.0. The first-order valence-corrected chi connectivity index (χ1v) is 7.48. The fraction of sp³-hybridized carbons (Fsp3) is 0.263. The van der Waals surface area contributed by atoms with Crippen LogP contribution in [0.1, 0.15) is 36.7 Å². The van der Waals surface area contributed by atoms with E-state index < -0.39 is 0 Å². The van der Waals surface area contributed by atoms with Crippen molar-refractivity contribution in [1.82, 2.24) is 4.98 Å². The van der Waals surface area contributed by atoms with Crippen molar-refractivity contribution in [3.8, 4) is 5.75 Å². The van der Waals surface area contributed by atoms with E-state index in [4.69, 9.17) is 4.74 Å². The van der Waals surface area contributed by atoms with E-state index in [2.05, 4.69) is 43.2 Å². The number of anilines is 1. The molecule has 120 valence electrons. The normalized spacial score (nSPS) is 11.5. The Morgan fingerprint density at radius 1 is 1.13 bits per heavy atom. The molecule has 0 bridgehead atoms. The number of amides is 1. The Labute approximate surface area is 137 Å². The van der Waals surface area contributed by atoms with Crippen LogP contribution in [0.25, 0.3) is 6.08 Å². The van der Waals surface area contributed by atoms with Gasteiger partial charge >= 0.3 is 0 Å². The summed E-state index contributed by atoms with van der Waals surface area (Å²) in [5, 5.41) is 2.76. The number of hydrogen-bond acceptors (Lipinski definition) is 3. The van der Waals surface area contributed by atoms with Gasteiger partial charge in [0.15, 0.2) is 0 Å². The van der Waals surface area contributed by atoms with Gasteiger partial charge in [-0.05, 0) is 35.2 Å². The second-order valence-electron chi connectivity index (χ2n) is 6.36. The lowest BCUT2D eigenvalue weighted by Gasteiger charge is -2.11. The third-order valence-electron chi connectivity index (χ3n) is 3.16. The molecule has 1 aromatic carbocycles. The molecule has 0 fully saturated rings. The summed E-state index contributed by atoms with van der Waals surface area (Å²) < 4.78 is 5.04. The molecular weight excluding hydrogens is 288 g/mol. The highest BCUT2D eigenvalue weighted by Crippen LogP contribution is 2.18. The predicted molar refractivity (Wildman–Crippen MR) is 93.7 cm³/mol. The van der Waals surface area contributed by atoms with E-state index in [1.54, 1.807) is 37.6 Å². The minimum atomic E-state index is -0.186. The van der Waals surface area contributed by atoms with Gasteiger partial charge in [-0.3, -0.25) is 4.79 Å². The molecule has 0 aliphatic heterocycles. The molecule has 0 saturated carbocycles. The van der Waals surface area contributed by atoms with E-state index in [1.165, 1.54) is 0 Å². The number of methoxy groups -OCH3 is 1. The van der Waals surface area contributed by atoms with Crippen molar-refractivity contribution in [3.05, 3.63) is 59.8 Å². The summed E-state index contributed by atoms with van der Waals surface area (Å²) in [6, 6.07) is 10.9. The lowest BCUT2D eigenvalue weighted by molar-refractivity contribution is 0.102. The zero-order chi connectivity index (χ0) is 16.9. The van der Waals surface area contributed by atoms with Crippen LogP contribution in [-0.2, 0) is 0 Å². The number of carbonyl (C=O) groups is 1. The summed E-state index contributed by atoms with van der Waals surface area (Å²) in [7, 11) is 1.57. The van der Waals surface area contributed by atoms with Gasteiger partial charge in [-0.25, -0.2) is 4.98 Å². The Hall–Kier alpha value is -2.62. The first-order chi connectivity index (χ1) is 10.9. The number of nitrogens with zero attached hydrogens (tertiary/aromatic N) is 1. The van der Waals surface area contributed by atoms with Crippen molar-refractivity contribution in [2.45, 2.75) is 20.8 Å². The fourth-order valence-corrected chi connectivity index (χ4v) is 1.86. The average molecular weight is 310 g/mol. The average Bonchev–Trinajstić information content (AvgIpc) is 2.53. The minimum Gasteiger partial charge on any atom is -0.495 e. The number of hydrogen-bond donors (Lipinski definition) is 1. The van der Waals surface area contributed by atoms with Gasteiger partial charge in [0.25, 0.3) is 5.91 Å². The van der Waals surface area contributed by atoms with Gasteiger partial charge in [0.2, 0.25) is 0 Å². The Kier molecular flexibility index (Phi) is 5.16. The van der Waals surface area contributed by atoms with Gasteiger partial charge < -0.3 is 10.1 Å². The largest absolute Gasteiger partial charge is 0.495 e. The maximum absolute atomic E-state index is 12.2. The number of ether oxygens (including phenoxy) is 1. The SMILES string of the molecule is COc1ccc(NC(=O)c2ccc(/C=C/C(C)(C)C)cc2)nc1. The lowest BCUT2D eigenvalue weighted by atomic mass is 9.95. The van der Waals surface area contributed by atoms with Gasteiger partial charge in [-0.15, -0.1) is 0 Å². The van der Waals surface area contributed by atoms with Crippen LogP contribution in [0, 0.1) is 5.41 Å². The Morgan fingerprint density at radius 2 is 1.83 bits per heavy atom. The summed E-state index contributed by atoms with van der Waals surface area (Å²) in [6.07, 6.45) is 5.77. The van der Waals surface area contributed by atoms with E-state index in [0.717, 1.165) is 5.56 Å². The molecule has 1 heterocycles. The summed E-state index contributed by atoms with van der Waals surface area (Å²) in [5.41, 5.74) is 1.80. The number of rotatable bonds is 4. The van der Waals surface area contributed by atoms with Crippen molar-refractivity contribution < 1.29 is 9.53 Å². The molecule has 4 heteroatoms. The third-order valence-corrected chi connectivity index (χ3v) is 3.16. The highest BCUT2D eigenvalue weighted by molar-refractivity contribution is 6.03. The molecule has 1 N–H and O–H groups in total. The number of allylic oxidation sites excluding steroid dienone is 1. The quantitative estimate of drug-likeness (QED) is 0.910. The van der Waals surface area contributed by atoms with Crippen LogP contribution in [-0.4, -0.2) is 18.0 Å². The zero-order valence-corrected chi connectivity index (χ0v) is 14.0. The van der Waals surface area contributed by atoms with Gasteiger partial charge in [0.1, 0.15) is 11.6 Å². The van der Waals surface area contributed by atoms with Crippen molar-refractivity contribution in [3.63, 3.8) is 0 Å². The van der Waals surface area contributed by atoms with Crippen molar-refractivity contribution in [2.24, 2.45) is 5.41 Å². The molecule has 0 radical (unpaired) electrons. The molecule has 23 heavy (non-hydrogen) atoms. The summed E-state index contributed by atoms with van der Waals surface area (Å²) in [4.78, 5) is 16.3. The fourth-order valence-electron chi connectivity index (χ4n) is 1.86. The van der Waals surface area contributed by atoms with Crippen molar-refractivity contribution >= 4 is 17.8 Å². The Bertz CT molecular complexity index is 681. The molecule has 0 unspecified atom stereocenters. The highest BCUT2D eigenvalue weighted by atomic mass is 16.5. The molecule has 0 spiro atoms. The van der Waals surface area contributed by atoms with Crippen molar-refractivity contribution in [1.29, 1.82) is 0 Å². The van der Waals surface area contributed by atoms with E-state index in [0.29, 0.717) is 17.1 Å². The first kappa shape index (κ1) is 16.7. The van der Waals surface area contributed by atoms with Gasteiger partial charge in [0, 0.05) is 5.56 Å². The molecule has 2 aromatic rings. The topological polar surface area (TPSA) is 51.2 Å². The number of benzene rings is 1. The summed E-state index contributed by atoms with van der Waals surface area (Å²) in [6.45, 7) is 6.44. The summed E-state index contributed by atoms with van der Waals surface area (Å²) >= 11 is 0. The van der Waals surface area contributed by atoms with E-state index in [1.807, 2.05) is 12.1 Å². The molecule has 0 saturated heterocycles. The molecule has 1 aromatic heterocycles. The van der Waals surface area contributed by atoms with Crippen LogP contribution < -0.4 is 10.1 Å². The van der Waals surface area contributed by atoms with Crippen LogP contribution in [0.5, 0.6) is 5.75 Å². The number of carbonyl (C=O) groups excluding carboxylic acids is 1. The van der Waals surface area contributed by atoms with E-state index >= 15 is 0 Å². The number of pyridine rings is 1. The second kappa shape index (κ2) is 7.09. The third kappa shape index (κ3) is 5.25. The Morgan fingerprint density at radius 3 is 2.35 bits per heavy atom. The molecule has 1 amide bonds. The predicted octanol–water partition coefficient (Wildman–Crippen LogP) is 4.40. The van der Waals surface area contributed by atoms with Crippen LogP contribution in [0.3, 0.4) is 0 Å². The smallest absolute Gasteiger partial charge is 0.256 e. The van der Waals surface area contributed by atoms with Crippen molar-refractivity contribution in [2.75, 3.05) is 12.4 Å². The standard InChI is InChI=1S/C19H22N2O2/c1-19(2,3)12-11-14-5-7-15(8-6-14)18(22)21-17-10-9-16(23-4)13-20-17/h5-13H,1-4H3,(H,20,21,22)/b12-11+. The molecular formula is C19H22N2O2. The van der Waals surface area contributed by atoms with Gasteiger partial charge in [0.05, 0.1) is 13.3 Å². The molecule has 2 rings (SSSR count). The first-order valence-electron chi connectivity index (χ1n) is 7.48. The van der Waals surface area contributed by atoms with E-state index in [9.17, 15) is 4.79 Å². The van der Waals surface area contributed by atoms with Crippen LogP contribution in [0.15, 0.2) is 48.7 Å². The minimum absolute atomic E-state index is 0.135. The monoisotopic (exact) mass is 310 g/mol. The van der Waals surface area contributed by atoms with Gasteiger partial charge in [-0.2, -0.15) is 0 Å². The maximum atomic E-state index is 12.2. The second-order valence-corrected chi connectivity index (χ2v) is 6.36. The van der Waals surface area contributed by atoms with E-state index in [-0.39, 0.29) is 11.3 Å². The van der Waals surface area contributed by atoms with Crippen LogP contribution in [0.2, 0.25) is 0 Å².